The van der Waals surface area contributed by atoms with Crippen molar-refractivity contribution in [3.8, 4) is 0 Å². The fraction of sp³-hybridized carbons (Fsp3) is 0.0769. The Morgan fingerprint density at radius 1 is 1.25 bits per heavy atom. The van der Waals surface area contributed by atoms with Crippen LogP contribution in [0.15, 0.2) is 47.2 Å². The summed E-state index contributed by atoms with van der Waals surface area (Å²) in [7, 11) is 0. The Morgan fingerprint density at radius 3 is 2.90 bits per heavy atom. The first-order chi connectivity index (χ1) is 9.75. The Kier molecular flexibility index (Phi) is 3.00. The lowest BCUT2D eigenvalue weighted by Crippen LogP contribution is -2.02. The minimum Gasteiger partial charge on any atom is -0.372 e. The van der Waals surface area contributed by atoms with E-state index in [1.54, 1.807) is 36.5 Å². The van der Waals surface area contributed by atoms with E-state index in [-0.39, 0.29) is 5.69 Å². The maximum Gasteiger partial charge on any atom is 0.301 e. The zero-order valence-corrected chi connectivity index (χ0v) is 10.3. The highest BCUT2D eigenvalue weighted by Gasteiger charge is 2.18. The van der Waals surface area contributed by atoms with E-state index in [0.29, 0.717) is 28.9 Å². The van der Waals surface area contributed by atoms with Crippen LogP contribution in [0.25, 0.3) is 10.9 Å². The van der Waals surface area contributed by atoms with Crippen molar-refractivity contribution in [1.82, 2.24) is 10.1 Å². The van der Waals surface area contributed by atoms with Gasteiger partial charge in [-0.05, 0) is 24.3 Å². The molecule has 0 aliphatic heterocycles. The maximum atomic E-state index is 11.3. The molecule has 7 nitrogen and oxygen atoms in total. The SMILES string of the molecule is O=[N+]([O-])c1c(NCc2ccno2)ccc2ncccc12. The molecule has 0 amide bonds. The van der Waals surface area contributed by atoms with Crippen LogP contribution < -0.4 is 5.32 Å². The molecule has 0 bridgehead atoms. The summed E-state index contributed by atoms with van der Waals surface area (Å²) in [5, 5.41) is 18.4. The van der Waals surface area contributed by atoms with Crippen molar-refractivity contribution in [3.63, 3.8) is 0 Å². The van der Waals surface area contributed by atoms with E-state index in [2.05, 4.69) is 15.5 Å². The second-order valence-electron chi connectivity index (χ2n) is 4.12. The Bertz CT molecular complexity index is 755. The second-order valence-corrected chi connectivity index (χ2v) is 4.12. The van der Waals surface area contributed by atoms with Crippen LogP contribution in [-0.4, -0.2) is 15.1 Å². The standard InChI is InChI=1S/C13H10N4O3/c18-17(19)13-10-2-1-6-14-11(10)3-4-12(13)15-8-9-5-7-16-20-9/h1-7,15H,8H2. The molecule has 3 aromatic rings. The van der Waals surface area contributed by atoms with E-state index in [1.807, 2.05) is 0 Å². The van der Waals surface area contributed by atoms with E-state index >= 15 is 0 Å². The van der Waals surface area contributed by atoms with Gasteiger partial charge in [-0.1, -0.05) is 5.16 Å². The normalized spacial score (nSPS) is 10.6. The molecule has 100 valence electrons. The number of nitrogens with one attached hydrogen (secondary N) is 1. The van der Waals surface area contributed by atoms with Crippen LogP contribution in [0.5, 0.6) is 0 Å². The van der Waals surface area contributed by atoms with Gasteiger partial charge in [0.2, 0.25) is 0 Å². The first-order valence-corrected chi connectivity index (χ1v) is 5.91. The molecule has 1 N–H and O–H groups in total. The molecule has 0 atom stereocenters. The van der Waals surface area contributed by atoms with Crippen molar-refractivity contribution in [2.45, 2.75) is 6.54 Å². The van der Waals surface area contributed by atoms with E-state index in [0.717, 1.165) is 0 Å². The van der Waals surface area contributed by atoms with Gasteiger partial charge in [-0.2, -0.15) is 0 Å². The van der Waals surface area contributed by atoms with E-state index < -0.39 is 4.92 Å². The third-order valence-corrected chi connectivity index (χ3v) is 2.88. The zero-order valence-electron chi connectivity index (χ0n) is 10.3. The van der Waals surface area contributed by atoms with Crippen molar-refractivity contribution in [2.24, 2.45) is 0 Å². The van der Waals surface area contributed by atoms with Gasteiger partial charge < -0.3 is 9.84 Å². The van der Waals surface area contributed by atoms with Crippen molar-refractivity contribution in [2.75, 3.05) is 5.32 Å². The van der Waals surface area contributed by atoms with Gasteiger partial charge in [0.25, 0.3) is 0 Å². The first kappa shape index (κ1) is 12.1. The van der Waals surface area contributed by atoms with Gasteiger partial charge in [-0.15, -0.1) is 0 Å². The predicted octanol–water partition coefficient (Wildman–Crippen LogP) is 2.74. The van der Waals surface area contributed by atoms with Crippen LogP contribution >= 0.6 is 0 Å². The smallest absolute Gasteiger partial charge is 0.301 e. The fourth-order valence-electron chi connectivity index (χ4n) is 1.99. The summed E-state index contributed by atoms with van der Waals surface area (Å²) in [4.78, 5) is 15.0. The van der Waals surface area contributed by atoms with Crippen molar-refractivity contribution < 1.29 is 9.45 Å². The number of pyridine rings is 1. The number of aromatic nitrogens is 2. The number of nitro benzene ring substituents is 1. The Morgan fingerprint density at radius 2 is 2.15 bits per heavy atom. The summed E-state index contributed by atoms with van der Waals surface area (Å²) in [5.74, 6) is 0.602. The minimum absolute atomic E-state index is 0.00937. The van der Waals surface area contributed by atoms with Crippen LogP contribution in [-0.2, 0) is 6.54 Å². The average molecular weight is 270 g/mol. The topological polar surface area (TPSA) is 94.1 Å². The largest absolute Gasteiger partial charge is 0.372 e. The number of benzene rings is 1. The lowest BCUT2D eigenvalue weighted by Gasteiger charge is -2.07. The number of hydrogen-bond donors (Lipinski definition) is 1. The second kappa shape index (κ2) is 4.96. The third kappa shape index (κ3) is 2.16. The van der Waals surface area contributed by atoms with Crippen LogP contribution in [0.2, 0.25) is 0 Å². The van der Waals surface area contributed by atoms with Gasteiger partial charge in [-0.3, -0.25) is 15.1 Å². The lowest BCUT2D eigenvalue weighted by atomic mass is 10.1. The number of nitrogens with zero attached hydrogens (tertiary/aromatic N) is 3. The Labute approximate surface area is 113 Å². The molecule has 0 radical (unpaired) electrons. The van der Waals surface area contributed by atoms with Gasteiger partial charge in [0.1, 0.15) is 5.69 Å². The maximum absolute atomic E-state index is 11.3. The summed E-state index contributed by atoms with van der Waals surface area (Å²) in [6.45, 7) is 0.326. The van der Waals surface area contributed by atoms with Crippen molar-refractivity contribution in [3.05, 3.63) is 58.6 Å². The highest BCUT2D eigenvalue weighted by atomic mass is 16.6. The molecule has 0 spiro atoms. The molecule has 0 saturated heterocycles. The highest BCUT2D eigenvalue weighted by molar-refractivity contribution is 5.94. The summed E-state index contributed by atoms with van der Waals surface area (Å²) in [6.07, 6.45) is 3.13. The highest BCUT2D eigenvalue weighted by Crippen LogP contribution is 2.32. The van der Waals surface area contributed by atoms with Crippen molar-refractivity contribution >= 4 is 22.3 Å². The number of anilines is 1. The van der Waals surface area contributed by atoms with Crippen molar-refractivity contribution in [1.29, 1.82) is 0 Å². The molecule has 3 rings (SSSR count). The van der Waals surface area contributed by atoms with E-state index in [9.17, 15) is 10.1 Å². The van der Waals surface area contributed by atoms with Crippen LogP contribution in [0.3, 0.4) is 0 Å². The first-order valence-electron chi connectivity index (χ1n) is 5.91. The summed E-state index contributed by atoms with van der Waals surface area (Å²) in [6, 6.07) is 8.44. The molecule has 2 aromatic heterocycles. The van der Waals surface area contributed by atoms with Crippen LogP contribution in [0.4, 0.5) is 11.4 Å². The molecule has 2 heterocycles. The number of rotatable bonds is 4. The molecule has 0 aliphatic rings. The van der Waals surface area contributed by atoms with Crippen LogP contribution in [0.1, 0.15) is 5.76 Å². The average Bonchev–Trinajstić information content (AvgIpc) is 2.97. The molecule has 0 unspecified atom stereocenters. The van der Waals surface area contributed by atoms with Gasteiger partial charge in [0.05, 0.1) is 28.6 Å². The van der Waals surface area contributed by atoms with E-state index in [1.165, 1.54) is 6.20 Å². The zero-order chi connectivity index (χ0) is 13.9. The van der Waals surface area contributed by atoms with Crippen LogP contribution in [0, 0.1) is 10.1 Å². The molecule has 0 aliphatic carbocycles. The molecular formula is C13H10N4O3. The Balaban J connectivity index is 2.01. The molecular weight excluding hydrogens is 260 g/mol. The molecule has 1 aromatic carbocycles. The van der Waals surface area contributed by atoms with Gasteiger partial charge in [-0.25, -0.2) is 0 Å². The number of hydrogen-bond acceptors (Lipinski definition) is 6. The summed E-state index contributed by atoms with van der Waals surface area (Å²) < 4.78 is 4.95. The molecule has 20 heavy (non-hydrogen) atoms. The van der Waals surface area contributed by atoms with Gasteiger partial charge in [0.15, 0.2) is 5.76 Å². The van der Waals surface area contributed by atoms with E-state index in [4.69, 9.17) is 4.52 Å². The number of fused-ring (bicyclic) bond motifs is 1. The Hall–Kier alpha value is -2.96. The minimum atomic E-state index is -0.410. The number of nitro groups is 1. The lowest BCUT2D eigenvalue weighted by molar-refractivity contribution is -0.382. The quantitative estimate of drug-likeness (QED) is 0.578. The third-order valence-electron chi connectivity index (χ3n) is 2.88. The van der Waals surface area contributed by atoms with Gasteiger partial charge >= 0.3 is 5.69 Å². The molecule has 0 saturated carbocycles. The summed E-state index contributed by atoms with van der Waals surface area (Å²) in [5.41, 5.74) is 1.02. The molecule has 0 fully saturated rings. The predicted molar refractivity (Wildman–Crippen MR) is 72.2 cm³/mol. The summed E-state index contributed by atoms with van der Waals surface area (Å²) >= 11 is 0. The molecule has 7 heteroatoms. The van der Waals surface area contributed by atoms with Gasteiger partial charge in [0, 0.05) is 12.3 Å². The monoisotopic (exact) mass is 270 g/mol. The fourth-order valence-corrected chi connectivity index (χ4v) is 1.99.